The average molecular weight is 333 g/mol. The highest BCUT2D eigenvalue weighted by Crippen LogP contribution is 2.17. The number of aromatic nitrogens is 2. The maximum atomic E-state index is 12.0. The number of nitrogens with one attached hydrogen (secondary N) is 1. The number of fused-ring (bicyclic) bond motifs is 1. The molecule has 110 valence electrons. The van der Waals surface area contributed by atoms with Gasteiger partial charge in [-0.05, 0) is 35.9 Å². The third kappa shape index (κ3) is 3.27. The van der Waals surface area contributed by atoms with E-state index in [1.807, 2.05) is 24.4 Å². The lowest BCUT2D eigenvalue weighted by Crippen LogP contribution is -2.17. The molecule has 0 unspecified atom stereocenters. The van der Waals surface area contributed by atoms with Crippen molar-refractivity contribution in [3.63, 3.8) is 0 Å². The van der Waals surface area contributed by atoms with Crippen LogP contribution in [-0.4, -0.2) is 21.5 Å². The zero-order valence-electron chi connectivity index (χ0n) is 11.2. The van der Waals surface area contributed by atoms with Crippen LogP contribution in [0.2, 0.25) is 10.0 Å². The molecule has 2 heterocycles. The smallest absolute Gasteiger partial charge is 0.291 e. The molecule has 0 spiro atoms. The number of amides is 1. The predicted octanol–water partition coefficient (Wildman–Crippen LogP) is 3.41. The van der Waals surface area contributed by atoms with Gasteiger partial charge in [-0.1, -0.05) is 29.3 Å². The van der Waals surface area contributed by atoms with E-state index in [1.54, 1.807) is 28.8 Å². The summed E-state index contributed by atoms with van der Waals surface area (Å²) in [5.41, 5.74) is 4.08. The summed E-state index contributed by atoms with van der Waals surface area (Å²) >= 11 is 11.8. The van der Waals surface area contributed by atoms with Gasteiger partial charge in [0.05, 0.1) is 6.21 Å². The molecule has 0 aliphatic rings. The predicted molar refractivity (Wildman–Crippen MR) is 86.7 cm³/mol. The molecule has 0 bridgehead atoms. The van der Waals surface area contributed by atoms with E-state index >= 15 is 0 Å². The van der Waals surface area contributed by atoms with E-state index in [0.717, 1.165) is 0 Å². The highest BCUT2D eigenvalue weighted by atomic mass is 35.5. The zero-order valence-corrected chi connectivity index (χ0v) is 12.7. The third-order valence-corrected chi connectivity index (χ3v) is 3.30. The number of imidazole rings is 1. The Labute approximate surface area is 136 Å². The summed E-state index contributed by atoms with van der Waals surface area (Å²) in [7, 11) is 0. The lowest BCUT2D eigenvalue weighted by Gasteiger charge is -1.97. The molecule has 0 saturated heterocycles. The molecule has 0 atom stereocenters. The summed E-state index contributed by atoms with van der Waals surface area (Å²) in [6.07, 6.45) is 4.91. The second kappa shape index (κ2) is 6.17. The molecule has 0 aliphatic heterocycles. The van der Waals surface area contributed by atoms with Gasteiger partial charge >= 0.3 is 0 Å². The average Bonchev–Trinajstić information content (AvgIpc) is 2.90. The molecule has 1 aromatic carbocycles. The zero-order chi connectivity index (χ0) is 15.5. The molecule has 0 radical (unpaired) electrons. The second-order valence-corrected chi connectivity index (χ2v) is 5.37. The number of rotatable bonds is 3. The second-order valence-electron chi connectivity index (χ2n) is 4.49. The largest absolute Gasteiger partial charge is 0.306 e. The Balaban J connectivity index is 1.72. The van der Waals surface area contributed by atoms with Crippen LogP contribution in [0.25, 0.3) is 5.65 Å². The number of nitrogens with zero attached hydrogens (tertiary/aromatic N) is 3. The minimum absolute atomic E-state index is 0.285. The fourth-order valence-corrected chi connectivity index (χ4v) is 2.46. The van der Waals surface area contributed by atoms with E-state index in [4.69, 9.17) is 23.2 Å². The van der Waals surface area contributed by atoms with Gasteiger partial charge in [0.2, 0.25) is 0 Å². The molecular formula is C15H10Cl2N4O. The van der Waals surface area contributed by atoms with Gasteiger partial charge in [0.15, 0.2) is 0 Å². The maximum absolute atomic E-state index is 12.0. The van der Waals surface area contributed by atoms with Crippen molar-refractivity contribution in [3.05, 3.63) is 70.1 Å². The maximum Gasteiger partial charge on any atom is 0.291 e. The minimum Gasteiger partial charge on any atom is -0.306 e. The summed E-state index contributed by atoms with van der Waals surface area (Å²) in [6, 6.07) is 10.5. The number of pyridine rings is 1. The molecule has 1 N–H and O–H groups in total. The van der Waals surface area contributed by atoms with Crippen molar-refractivity contribution in [1.29, 1.82) is 0 Å². The van der Waals surface area contributed by atoms with Crippen molar-refractivity contribution < 1.29 is 4.79 Å². The number of carbonyl (C=O) groups excluding carboxylic acids is 1. The van der Waals surface area contributed by atoms with E-state index in [2.05, 4.69) is 15.5 Å². The normalized spacial score (nSPS) is 11.2. The summed E-state index contributed by atoms with van der Waals surface area (Å²) in [6.45, 7) is 0. The number of benzene rings is 1. The van der Waals surface area contributed by atoms with E-state index in [0.29, 0.717) is 21.3 Å². The Morgan fingerprint density at radius 2 is 2.00 bits per heavy atom. The van der Waals surface area contributed by atoms with Crippen LogP contribution in [0.4, 0.5) is 0 Å². The fraction of sp³-hybridized carbons (Fsp3) is 0. The first-order valence-electron chi connectivity index (χ1n) is 6.35. The Morgan fingerprint density at radius 1 is 1.23 bits per heavy atom. The number of carbonyl (C=O) groups is 1. The van der Waals surface area contributed by atoms with Crippen molar-refractivity contribution in [2.75, 3.05) is 0 Å². The van der Waals surface area contributed by atoms with Crippen molar-refractivity contribution in [1.82, 2.24) is 14.8 Å². The number of halogens is 2. The fourth-order valence-electron chi connectivity index (χ4n) is 1.92. The number of hydrogen-bond donors (Lipinski definition) is 1. The van der Waals surface area contributed by atoms with Crippen LogP contribution in [0.5, 0.6) is 0 Å². The summed E-state index contributed by atoms with van der Waals surface area (Å²) in [5, 5.41) is 4.88. The molecule has 5 nitrogen and oxygen atoms in total. The molecule has 0 fully saturated rings. The first kappa shape index (κ1) is 14.6. The van der Waals surface area contributed by atoms with E-state index in [1.165, 1.54) is 6.21 Å². The molecule has 3 rings (SSSR count). The van der Waals surface area contributed by atoms with Crippen LogP contribution < -0.4 is 5.43 Å². The molecule has 22 heavy (non-hydrogen) atoms. The monoisotopic (exact) mass is 332 g/mol. The van der Waals surface area contributed by atoms with Crippen LogP contribution in [0, 0.1) is 0 Å². The van der Waals surface area contributed by atoms with E-state index in [9.17, 15) is 4.79 Å². The van der Waals surface area contributed by atoms with Gasteiger partial charge in [-0.15, -0.1) is 0 Å². The van der Waals surface area contributed by atoms with Gasteiger partial charge < -0.3 is 4.40 Å². The van der Waals surface area contributed by atoms with Gasteiger partial charge in [-0.2, -0.15) is 5.10 Å². The minimum atomic E-state index is -0.395. The van der Waals surface area contributed by atoms with Crippen LogP contribution in [0.3, 0.4) is 0 Å². The number of hydrogen-bond acceptors (Lipinski definition) is 3. The lowest BCUT2D eigenvalue weighted by molar-refractivity contribution is 0.0951. The summed E-state index contributed by atoms with van der Waals surface area (Å²) in [5.74, 6) is -0.395. The van der Waals surface area contributed by atoms with Crippen LogP contribution in [0.15, 0.2) is 53.9 Å². The van der Waals surface area contributed by atoms with E-state index < -0.39 is 5.91 Å². The van der Waals surface area contributed by atoms with Crippen molar-refractivity contribution >= 4 is 41.0 Å². The quantitative estimate of drug-likeness (QED) is 0.590. The van der Waals surface area contributed by atoms with Gasteiger partial charge in [-0.25, -0.2) is 10.4 Å². The highest BCUT2D eigenvalue weighted by Gasteiger charge is 2.09. The van der Waals surface area contributed by atoms with Gasteiger partial charge in [0.25, 0.3) is 5.91 Å². The molecule has 3 aromatic rings. The molecule has 0 saturated carbocycles. The van der Waals surface area contributed by atoms with Crippen LogP contribution in [-0.2, 0) is 0 Å². The van der Waals surface area contributed by atoms with Crippen molar-refractivity contribution in [2.45, 2.75) is 0 Å². The molecule has 7 heteroatoms. The Kier molecular flexibility index (Phi) is 4.09. The summed E-state index contributed by atoms with van der Waals surface area (Å²) < 4.78 is 1.76. The first-order valence-corrected chi connectivity index (χ1v) is 7.11. The number of hydrazone groups is 1. The van der Waals surface area contributed by atoms with Gasteiger partial charge in [-0.3, -0.25) is 4.79 Å². The summed E-state index contributed by atoms with van der Waals surface area (Å²) in [4.78, 5) is 16.2. The van der Waals surface area contributed by atoms with Crippen molar-refractivity contribution in [3.8, 4) is 0 Å². The molecular weight excluding hydrogens is 323 g/mol. The Morgan fingerprint density at radius 3 is 2.73 bits per heavy atom. The van der Waals surface area contributed by atoms with Gasteiger partial charge in [0.1, 0.15) is 11.3 Å². The van der Waals surface area contributed by atoms with Crippen LogP contribution >= 0.6 is 23.2 Å². The standard InChI is InChI=1S/C15H10Cl2N4O/c16-11-5-10(6-12(17)7-11)8-18-20-15(22)13-9-21-4-2-1-3-14(21)19-13/h1-9H,(H,20,22)/b18-8+. The topological polar surface area (TPSA) is 58.8 Å². The lowest BCUT2D eigenvalue weighted by atomic mass is 10.2. The van der Waals surface area contributed by atoms with Crippen LogP contribution in [0.1, 0.15) is 16.1 Å². The molecule has 2 aromatic heterocycles. The van der Waals surface area contributed by atoms with Crippen molar-refractivity contribution in [2.24, 2.45) is 5.10 Å². The molecule has 1 amide bonds. The Hall–Kier alpha value is -2.37. The SMILES string of the molecule is O=C(N/N=C/c1cc(Cl)cc(Cl)c1)c1cn2ccccc2n1. The third-order valence-electron chi connectivity index (χ3n) is 2.86. The first-order chi connectivity index (χ1) is 10.6. The molecule has 0 aliphatic carbocycles. The Bertz CT molecular complexity index is 820. The van der Waals surface area contributed by atoms with E-state index in [-0.39, 0.29) is 5.69 Å². The highest BCUT2D eigenvalue weighted by molar-refractivity contribution is 6.35. The van der Waals surface area contributed by atoms with Gasteiger partial charge in [0, 0.05) is 22.4 Å².